The van der Waals surface area contributed by atoms with Crippen LogP contribution in [0.25, 0.3) is 0 Å². The maximum atomic E-state index is 10.4. The Hall–Kier alpha value is -2.32. The largest absolute Gasteiger partial charge is 0.481 e. The summed E-state index contributed by atoms with van der Waals surface area (Å²) >= 11 is 0. The lowest BCUT2D eigenvalue weighted by atomic mass is 10.3. The number of carboxylic acid groups (broad SMARTS) is 1. The van der Waals surface area contributed by atoms with Gasteiger partial charge in [0, 0.05) is 6.20 Å². The number of carboxylic acids is 1. The van der Waals surface area contributed by atoms with E-state index in [2.05, 4.69) is 25.7 Å². The maximum absolute atomic E-state index is 10.4. The van der Waals surface area contributed by atoms with Gasteiger partial charge < -0.3 is 5.11 Å². The Morgan fingerprint density at radius 3 is 2.88 bits per heavy atom. The van der Waals surface area contributed by atoms with Gasteiger partial charge in [0.1, 0.15) is 6.54 Å². The molecular weight excluding hydrogens is 214 g/mol. The lowest BCUT2D eigenvalue weighted by Gasteiger charge is -1.92. The van der Waals surface area contributed by atoms with Crippen molar-refractivity contribution in [1.29, 1.82) is 0 Å². The van der Waals surface area contributed by atoms with Crippen molar-refractivity contribution < 1.29 is 9.90 Å². The fourth-order valence-electron chi connectivity index (χ4n) is 1.18. The van der Waals surface area contributed by atoms with Gasteiger partial charge in [-0.3, -0.25) is 4.79 Å². The molecule has 0 aromatic carbocycles. The molecular formula is C7H9N7O2. The highest BCUT2D eigenvalue weighted by atomic mass is 16.4. The van der Waals surface area contributed by atoms with Gasteiger partial charge in [-0.15, -0.1) is 15.3 Å². The summed E-state index contributed by atoms with van der Waals surface area (Å²) in [4.78, 5) is 11.8. The van der Waals surface area contributed by atoms with Gasteiger partial charge >= 0.3 is 5.97 Å². The number of tetrazole rings is 1. The molecule has 0 aliphatic carbocycles. The summed E-state index contributed by atoms with van der Waals surface area (Å²) in [7, 11) is 1.66. The van der Waals surface area contributed by atoms with E-state index in [1.54, 1.807) is 13.2 Å². The van der Waals surface area contributed by atoms with E-state index in [1.165, 1.54) is 9.48 Å². The van der Waals surface area contributed by atoms with Gasteiger partial charge in [-0.25, -0.2) is 4.68 Å². The first-order chi connectivity index (χ1) is 7.63. The number of hydrogen-bond acceptors (Lipinski definition) is 6. The molecule has 0 spiro atoms. The first kappa shape index (κ1) is 10.2. The van der Waals surface area contributed by atoms with Crippen molar-refractivity contribution >= 4 is 5.97 Å². The normalized spacial score (nSPS) is 10.6. The van der Waals surface area contributed by atoms with Gasteiger partial charge in [0.2, 0.25) is 0 Å². The first-order valence-electron chi connectivity index (χ1n) is 4.47. The van der Waals surface area contributed by atoms with Gasteiger partial charge in [0.15, 0.2) is 5.82 Å². The quantitative estimate of drug-likeness (QED) is 0.669. The van der Waals surface area contributed by atoms with E-state index in [-0.39, 0.29) is 6.42 Å². The van der Waals surface area contributed by atoms with Crippen molar-refractivity contribution in [3.05, 3.63) is 17.7 Å². The van der Waals surface area contributed by atoms with Gasteiger partial charge in [-0.05, 0) is 5.21 Å². The van der Waals surface area contributed by atoms with E-state index < -0.39 is 5.97 Å². The van der Waals surface area contributed by atoms with E-state index in [1.807, 2.05) is 0 Å². The number of aryl methyl sites for hydroxylation is 1. The van der Waals surface area contributed by atoms with E-state index in [0.29, 0.717) is 18.1 Å². The molecule has 16 heavy (non-hydrogen) atoms. The summed E-state index contributed by atoms with van der Waals surface area (Å²) in [5, 5.41) is 27.4. The fourth-order valence-corrected chi connectivity index (χ4v) is 1.18. The van der Waals surface area contributed by atoms with Gasteiger partial charge in [0.05, 0.1) is 19.2 Å². The number of carbonyl (C=O) groups is 1. The molecule has 0 unspecified atom stereocenters. The Morgan fingerprint density at radius 2 is 2.25 bits per heavy atom. The topological polar surface area (TPSA) is 112 Å². The third kappa shape index (κ3) is 2.38. The molecule has 0 bridgehead atoms. The number of nitrogens with zero attached hydrogens (tertiary/aromatic N) is 7. The number of rotatable bonds is 4. The molecule has 84 valence electrons. The second kappa shape index (κ2) is 4.04. The molecule has 0 fully saturated rings. The summed E-state index contributed by atoms with van der Waals surface area (Å²) in [5.74, 6) is -0.445. The van der Waals surface area contributed by atoms with Crippen LogP contribution in [0.1, 0.15) is 11.5 Å². The van der Waals surface area contributed by atoms with Crippen molar-refractivity contribution in [2.75, 3.05) is 0 Å². The second-order valence-corrected chi connectivity index (χ2v) is 3.17. The zero-order valence-electron chi connectivity index (χ0n) is 8.48. The highest BCUT2D eigenvalue weighted by Gasteiger charge is 2.07. The van der Waals surface area contributed by atoms with Crippen molar-refractivity contribution in [3.63, 3.8) is 0 Å². The van der Waals surface area contributed by atoms with Crippen molar-refractivity contribution in [2.24, 2.45) is 7.05 Å². The van der Waals surface area contributed by atoms with E-state index in [9.17, 15) is 4.79 Å². The molecule has 0 amide bonds. The Bertz CT molecular complexity index is 502. The molecule has 2 aromatic rings. The van der Waals surface area contributed by atoms with Crippen molar-refractivity contribution in [3.8, 4) is 0 Å². The molecule has 0 radical (unpaired) electrons. The molecule has 9 heteroatoms. The summed E-state index contributed by atoms with van der Waals surface area (Å²) in [6, 6.07) is 0. The molecule has 2 rings (SSSR count). The Morgan fingerprint density at radius 1 is 1.44 bits per heavy atom. The molecule has 0 atom stereocenters. The van der Waals surface area contributed by atoms with Crippen LogP contribution in [0.5, 0.6) is 0 Å². The van der Waals surface area contributed by atoms with Crippen LogP contribution in [-0.2, 0) is 24.8 Å². The average Bonchev–Trinajstić information content (AvgIpc) is 2.76. The minimum Gasteiger partial charge on any atom is -0.481 e. The van der Waals surface area contributed by atoms with E-state index >= 15 is 0 Å². The van der Waals surface area contributed by atoms with Crippen LogP contribution in [-0.4, -0.2) is 46.3 Å². The van der Waals surface area contributed by atoms with Crippen molar-refractivity contribution in [2.45, 2.75) is 13.0 Å². The summed E-state index contributed by atoms with van der Waals surface area (Å²) in [6.45, 7) is 0.320. The number of hydrogen-bond donors (Lipinski definition) is 1. The highest BCUT2D eigenvalue weighted by Crippen LogP contribution is 1.97. The highest BCUT2D eigenvalue weighted by molar-refractivity contribution is 5.69. The molecule has 0 saturated heterocycles. The Balaban J connectivity index is 2.05. The number of aliphatic carboxylic acids is 1. The lowest BCUT2D eigenvalue weighted by molar-refractivity contribution is -0.136. The molecule has 0 aliphatic rings. The average molecular weight is 223 g/mol. The minimum atomic E-state index is -0.940. The van der Waals surface area contributed by atoms with Crippen LogP contribution in [0.3, 0.4) is 0 Å². The predicted molar refractivity (Wildman–Crippen MR) is 49.3 cm³/mol. The molecule has 9 nitrogen and oxygen atoms in total. The smallest absolute Gasteiger partial charge is 0.309 e. The van der Waals surface area contributed by atoms with Crippen LogP contribution in [0, 0.1) is 0 Å². The van der Waals surface area contributed by atoms with Crippen LogP contribution >= 0.6 is 0 Å². The van der Waals surface area contributed by atoms with Crippen LogP contribution in [0.2, 0.25) is 0 Å². The lowest BCUT2D eigenvalue weighted by Crippen LogP contribution is -2.03. The second-order valence-electron chi connectivity index (χ2n) is 3.17. The minimum absolute atomic E-state index is 0.145. The Kier molecular flexibility index (Phi) is 2.58. The third-order valence-electron chi connectivity index (χ3n) is 1.77. The molecule has 0 aliphatic heterocycles. The molecule has 1 N–H and O–H groups in total. The van der Waals surface area contributed by atoms with Gasteiger partial charge in [-0.1, -0.05) is 5.21 Å². The zero-order valence-corrected chi connectivity index (χ0v) is 8.48. The van der Waals surface area contributed by atoms with Crippen LogP contribution in [0.15, 0.2) is 6.20 Å². The Labute approximate surface area is 89.7 Å². The SMILES string of the molecule is Cn1nnc(Cn2cc(CC(=O)O)nn2)n1. The van der Waals surface area contributed by atoms with Gasteiger partial charge in [0.25, 0.3) is 0 Å². The van der Waals surface area contributed by atoms with E-state index in [0.717, 1.165) is 0 Å². The monoisotopic (exact) mass is 223 g/mol. The van der Waals surface area contributed by atoms with Crippen LogP contribution < -0.4 is 0 Å². The zero-order chi connectivity index (χ0) is 11.5. The molecule has 0 saturated carbocycles. The summed E-state index contributed by atoms with van der Waals surface area (Å²) < 4.78 is 1.47. The standard InChI is InChI=1S/C7H9N7O2/c1-13-10-6(9-11-13)4-14-3-5(8-12-14)2-7(15)16/h3H,2,4H2,1H3,(H,15,16). The number of aromatic nitrogens is 7. The third-order valence-corrected chi connectivity index (χ3v) is 1.77. The van der Waals surface area contributed by atoms with Crippen molar-refractivity contribution in [1.82, 2.24) is 35.2 Å². The van der Waals surface area contributed by atoms with E-state index in [4.69, 9.17) is 5.11 Å². The molecule has 2 aromatic heterocycles. The fraction of sp³-hybridized carbons (Fsp3) is 0.429. The first-order valence-corrected chi connectivity index (χ1v) is 4.47. The summed E-state index contributed by atoms with van der Waals surface area (Å²) in [6.07, 6.45) is 1.40. The predicted octanol–water partition coefficient (Wildman–Crippen LogP) is -1.52. The summed E-state index contributed by atoms with van der Waals surface area (Å²) in [5.41, 5.74) is 0.399. The van der Waals surface area contributed by atoms with Crippen LogP contribution in [0.4, 0.5) is 0 Å². The van der Waals surface area contributed by atoms with Gasteiger partial charge in [-0.2, -0.15) is 4.80 Å². The maximum Gasteiger partial charge on any atom is 0.309 e. The molecule has 2 heterocycles.